The van der Waals surface area contributed by atoms with E-state index in [1.165, 1.54) is 0 Å². The van der Waals surface area contributed by atoms with Crippen molar-refractivity contribution in [3.63, 3.8) is 0 Å². The predicted molar refractivity (Wildman–Crippen MR) is 146 cm³/mol. The van der Waals surface area contributed by atoms with Gasteiger partial charge in [0.15, 0.2) is 6.61 Å². The summed E-state index contributed by atoms with van der Waals surface area (Å²) in [5.74, 6) is -1.00. The minimum Gasteiger partial charge on any atom is -0.452 e. The highest BCUT2D eigenvalue weighted by Gasteiger charge is 2.17. The third-order valence-electron chi connectivity index (χ3n) is 5.99. The van der Waals surface area contributed by atoms with Gasteiger partial charge in [0.25, 0.3) is 5.91 Å². The molecule has 4 aromatic carbocycles. The number of hydrogen-bond donors (Lipinski definition) is 1. The number of rotatable bonds is 7. The van der Waals surface area contributed by atoms with Gasteiger partial charge in [0.2, 0.25) is 0 Å². The fourth-order valence-electron chi connectivity index (χ4n) is 4.05. The molecule has 0 bridgehead atoms. The number of hydrogen-bond acceptors (Lipinski definition) is 4. The van der Waals surface area contributed by atoms with Crippen molar-refractivity contribution < 1.29 is 14.3 Å². The molecule has 1 N–H and O–H groups in total. The molecule has 0 aliphatic heterocycles. The quantitative estimate of drug-likeness (QED) is 0.249. The Morgan fingerprint density at radius 2 is 1.41 bits per heavy atom. The highest BCUT2D eigenvalue weighted by molar-refractivity contribution is 6.31. The number of nitrogens with zero attached hydrogens (tertiary/aromatic N) is 1. The predicted octanol–water partition coefficient (Wildman–Crippen LogP) is 6.70. The molecule has 0 aliphatic carbocycles. The lowest BCUT2D eigenvalue weighted by Crippen LogP contribution is -2.28. The third-order valence-corrected chi connectivity index (χ3v) is 6.36. The van der Waals surface area contributed by atoms with Crippen LogP contribution < -0.4 is 5.32 Å². The van der Waals surface area contributed by atoms with Gasteiger partial charge in [-0.2, -0.15) is 0 Å². The molecule has 1 amide bonds. The van der Waals surface area contributed by atoms with E-state index in [1.807, 2.05) is 84.9 Å². The average molecular weight is 507 g/mol. The lowest BCUT2D eigenvalue weighted by atomic mass is 10.0. The summed E-state index contributed by atoms with van der Waals surface area (Å²) in [7, 11) is 0. The molecule has 5 aromatic rings. The van der Waals surface area contributed by atoms with Crippen LogP contribution in [0, 0.1) is 0 Å². The Balaban J connectivity index is 1.34. The molecule has 182 valence electrons. The SMILES string of the molecule is O=C(COC(=O)c1cc(-c2ccc(-c3ccccc3)cc2)nc2ccccc12)NCc1ccccc1Cl. The molecule has 0 spiro atoms. The number of halogens is 1. The number of benzene rings is 4. The van der Waals surface area contributed by atoms with Gasteiger partial charge in [-0.1, -0.05) is 103 Å². The molecule has 0 unspecified atom stereocenters. The van der Waals surface area contributed by atoms with Crippen LogP contribution in [-0.4, -0.2) is 23.5 Å². The summed E-state index contributed by atoms with van der Waals surface area (Å²) in [5.41, 5.74) is 5.54. The maximum absolute atomic E-state index is 13.1. The zero-order valence-electron chi connectivity index (χ0n) is 19.9. The second kappa shape index (κ2) is 11.1. The second-order valence-corrected chi connectivity index (χ2v) is 8.87. The molecule has 0 atom stereocenters. The average Bonchev–Trinajstić information content (AvgIpc) is 2.95. The van der Waals surface area contributed by atoms with Crippen LogP contribution in [-0.2, 0) is 16.1 Å². The van der Waals surface area contributed by atoms with E-state index in [0.29, 0.717) is 27.2 Å². The molecule has 0 radical (unpaired) electrons. The Labute approximate surface area is 219 Å². The number of fused-ring (bicyclic) bond motifs is 1. The van der Waals surface area contributed by atoms with E-state index in [9.17, 15) is 9.59 Å². The van der Waals surface area contributed by atoms with E-state index >= 15 is 0 Å². The van der Waals surface area contributed by atoms with E-state index in [2.05, 4.69) is 17.4 Å². The van der Waals surface area contributed by atoms with E-state index in [-0.39, 0.29) is 6.54 Å². The Bertz CT molecular complexity index is 1570. The summed E-state index contributed by atoms with van der Waals surface area (Å²) in [6, 6.07) is 34.5. The minimum absolute atomic E-state index is 0.247. The number of ether oxygens (including phenoxy) is 1. The van der Waals surface area contributed by atoms with Crippen molar-refractivity contribution in [2.45, 2.75) is 6.54 Å². The molecule has 0 fully saturated rings. The van der Waals surface area contributed by atoms with E-state index < -0.39 is 18.5 Å². The molecule has 1 heterocycles. The van der Waals surface area contributed by atoms with Gasteiger partial charge in [-0.15, -0.1) is 0 Å². The van der Waals surface area contributed by atoms with Gasteiger partial charge in [-0.05, 0) is 34.9 Å². The number of carbonyl (C=O) groups excluding carboxylic acids is 2. The Hall–Kier alpha value is -4.48. The summed E-state index contributed by atoms with van der Waals surface area (Å²) in [6.07, 6.45) is 0. The summed E-state index contributed by atoms with van der Waals surface area (Å²) in [6.45, 7) is -0.154. The number of amides is 1. The van der Waals surface area contributed by atoms with E-state index in [1.54, 1.807) is 12.1 Å². The van der Waals surface area contributed by atoms with Crippen molar-refractivity contribution in [2.24, 2.45) is 0 Å². The molecular weight excluding hydrogens is 484 g/mol. The first-order valence-corrected chi connectivity index (χ1v) is 12.2. The van der Waals surface area contributed by atoms with E-state index in [4.69, 9.17) is 21.3 Å². The lowest BCUT2D eigenvalue weighted by Gasteiger charge is -2.11. The van der Waals surface area contributed by atoms with Gasteiger partial charge in [0.05, 0.1) is 16.8 Å². The van der Waals surface area contributed by atoms with Crippen LogP contribution in [0.2, 0.25) is 5.02 Å². The van der Waals surface area contributed by atoms with Crippen LogP contribution in [0.4, 0.5) is 0 Å². The minimum atomic E-state index is -0.589. The van der Waals surface area contributed by atoms with Crippen LogP contribution in [0.25, 0.3) is 33.3 Å². The van der Waals surface area contributed by atoms with E-state index in [0.717, 1.165) is 22.3 Å². The Morgan fingerprint density at radius 1 is 0.757 bits per heavy atom. The maximum atomic E-state index is 13.1. The highest BCUT2D eigenvalue weighted by Crippen LogP contribution is 2.28. The van der Waals surface area contributed by atoms with Crippen molar-refractivity contribution in [2.75, 3.05) is 6.61 Å². The van der Waals surface area contributed by atoms with Gasteiger partial charge in [0.1, 0.15) is 0 Å². The number of aromatic nitrogens is 1. The smallest absolute Gasteiger partial charge is 0.339 e. The molecule has 0 saturated heterocycles. The first-order valence-electron chi connectivity index (χ1n) is 11.8. The second-order valence-electron chi connectivity index (χ2n) is 8.46. The van der Waals surface area contributed by atoms with Crippen molar-refractivity contribution in [3.05, 3.63) is 125 Å². The zero-order chi connectivity index (χ0) is 25.6. The van der Waals surface area contributed by atoms with Crippen LogP contribution >= 0.6 is 11.6 Å². The number of esters is 1. The molecule has 5 nitrogen and oxygen atoms in total. The molecule has 1 aromatic heterocycles. The van der Waals surface area contributed by atoms with Crippen LogP contribution in [0.15, 0.2) is 109 Å². The van der Waals surface area contributed by atoms with Crippen LogP contribution in [0.5, 0.6) is 0 Å². The third kappa shape index (κ3) is 5.68. The molecule has 5 rings (SSSR count). The van der Waals surface area contributed by atoms with Crippen LogP contribution in [0.1, 0.15) is 15.9 Å². The standard InChI is InChI=1S/C31H23ClN2O3/c32-27-12-6-4-10-24(27)19-33-30(35)20-37-31(36)26-18-29(34-28-13-7-5-11-25(26)28)23-16-14-22(15-17-23)21-8-2-1-3-9-21/h1-18H,19-20H2,(H,33,35). The molecule has 0 saturated carbocycles. The highest BCUT2D eigenvalue weighted by atomic mass is 35.5. The Kier molecular flexibility index (Phi) is 7.24. The normalized spacial score (nSPS) is 10.7. The van der Waals surface area contributed by atoms with Crippen molar-refractivity contribution in [1.82, 2.24) is 10.3 Å². The summed E-state index contributed by atoms with van der Waals surface area (Å²) >= 11 is 6.13. The molecule has 37 heavy (non-hydrogen) atoms. The summed E-state index contributed by atoms with van der Waals surface area (Å²) in [4.78, 5) is 30.1. The zero-order valence-corrected chi connectivity index (χ0v) is 20.6. The van der Waals surface area contributed by atoms with Crippen molar-refractivity contribution >= 4 is 34.4 Å². The topological polar surface area (TPSA) is 68.3 Å². The number of carbonyl (C=O) groups is 2. The first kappa shape index (κ1) is 24.2. The van der Waals surface area contributed by atoms with Gasteiger partial charge >= 0.3 is 5.97 Å². The van der Waals surface area contributed by atoms with Gasteiger partial charge in [0, 0.05) is 22.5 Å². The lowest BCUT2D eigenvalue weighted by molar-refractivity contribution is -0.124. The number of pyridine rings is 1. The summed E-state index contributed by atoms with van der Waals surface area (Å²) in [5, 5.41) is 3.95. The van der Waals surface area contributed by atoms with Gasteiger partial charge < -0.3 is 10.1 Å². The van der Waals surface area contributed by atoms with Crippen molar-refractivity contribution in [1.29, 1.82) is 0 Å². The maximum Gasteiger partial charge on any atom is 0.339 e. The number of nitrogens with one attached hydrogen (secondary N) is 1. The molecule has 6 heteroatoms. The largest absolute Gasteiger partial charge is 0.452 e. The molecular formula is C31H23ClN2O3. The fraction of sp³-hybridized carbons (Fsp3) is 0.0645. The number of para-hydroxylation sites is 1. The Morgan fingerprint density at radius 3 is 2.19 bits per heavy atom. The van der Waals surface area contributed by atoms with Crippen molar-refractivity contribution in [3.8, 4) is 22.4 Å². The van der Waals surface area contributed by atoms with Gasteiger partial charge in [-0.3, -0.25) is 4.79 Å². The van der Waals surface area contributed by atoms with Crippen LogP contribution in [0.3, 0.4) is 0 Å². The fourth-order valence-corrected chi connectivity index (χ4v) is 4.25. The molecule has 0 aliphatic rings. The monoisotopic (exact) mass is 506 g/mol. The van der Waals surface area contributed by atoms with Gasteiger partial charge in [-0.25, -0.2) is 9.78 Å². The summed E-state index contributed by atoms with van der Waals surface area (Å²) < 4.78 is 5.37. The first-order chi connectivity index (χ1) is 18.1.